The molecule has 3 heterocycles. The summed E-state index contributed by atoms with van der Waals surface area (Å²) in [5.41, 5.74) is 2.27. The van der Waals surface area contributed by atoms with Crippen molar-refractivity contribution in [1.29, 1.82) is 0 Å². The first kappa shape index (κ1) is 25.0. The quantitative estimate of drug-likeness (QED) is 0.333. The van der Waals surface area contributed by atoms with Gasteiger partial charge in [0.15, 0.2) is 0 Å². The number of aromatic nitrogens is 1. The van der Waals surface area contributed by atoms with Crippen molar-refractivity contribution in [3.63, 3.8) is 0 Å². The van der Waals surface area contributed by atoms with E-state index in [2.05, 4.69) is 22.0 Å². The van der Waals surface area contributed by atoms with E-state index in [-0.39, 0.29) is 12.3 Å². The summed E-state index contributed by atoms with van der Waals surface area (Å²) in [6, 6.07) is 10.1. The van der Waals surface area contributed by atoms with Gasteiger partial charge in [-0.3, -0.25) is 9.78 Å². The number of hydrogen-bond donors (Lipinski definition) is 1. The molecule has 1 aliphatic heterocycles. The smallest absolute Gasteiger partial charge is 0.303 e. The van der Waals surface area contributed by atoms with Crippen LogP contribution in [-0.2, 0) is 17.6 Å². The highest BCUT2D eigenvalue weighted by Crippen LogP contribution is 2.32. The van der Waals surface area contributed by atoms with Crippen molar-refractivity contribution in [1.82, 2.24) is 9.88 Å². The van der Waals surface area contributed by atoms with Crippen LogP contribution in [0, 0.1) is 11.8 Å². The van der Waals surface area contributed by atoms with Crippen LogP contribution in [0.1, 0.15) is 42.5 Å². The lowest BCUT2D eigenvalue weighted by Gasteiger charge is -2.38. The first-order valence-corrected chi connectivity index (χ1v) is 13.4. The number of nitrogens with zero attached hydrogens (tertiary/aromatic N) is 2. The third kappa shape index (κ3) is 6.49. The Balaban J connectivity index is 1.31. The van der Waals surface area contributed by atoms with Gasteiger partial charge in [-0.2, -0.15) is 0 Å². The molecule has 1 saturated heterocycles. The SMILES string of the molecule is COc1ccc2nccc(CCC[C@@H]3CCN(CCCc4sccc4Cl)C[C@@H]3CC(=O)O)c2c1. The lowest BCUT2D eigenvalue weighted by molar-refractivity contribution is -0.139. The number of carbonyl (C=O) groups is 1. The molecule has 1 N–H and O–H groups in total. The summed E-state index contributed by atoms with van der Waals surface area (Å²) >= 11 is 7.94. The number of likely N-dealkylation sites (tertiary alicyclic amines) is 1. The molecule has 1 aliphatic rings. The van der Waals surface area contributed by atoms with Crippen LogP contribution in [0.25, 0.3) is 10.9 Å². The minimum absolute atomic E-state index is 0.214. The molecule has 182 valence electrons. The van der Waals surface area contributed by atoms with E-state index in [1.54, 1.807) is 18.4 Å². The van der Waals surface area contributed by atoms with E-state index in [0.717, 1.165) is 79.8 Å². The van der Waals surface area contributed by atoms with E-state index >= 15 is 0 Å². The zero-order chi connectivity index (χ0) is 23.9. The van der Waals surface area contributed by atoms with E-state index in [4.69, 9.17) is 16.3 Å². The largest absolute Gasteiger partial charge is 0.497 e. The molecule has 0 bridgehead atoms. The van der Waals surface area contributed by atoms with E-state index in [9.17, 15) is 9.90 Å². The number of piperidine rings is 1. The first-order valence-electron chi connectivity index (χ1n) is 12.1. The summed E-state index contributed by atoms with van der Waals surface area (Å²) < 4.78 is 5.40. The second kappa shape index (κ2) is 12.0. The monoisotopic (exact) mass is 500 g/mol. The van der Waals surface area contributed by atoms with Gasteiger partial charge in [-0.1, -0.05) is 11.6 Å². The van der Waals surface area contributed by atoms with Crippen molar-refractivity contribution in [2.45, 2.75) is 44.9 Å². The van der Waals surface area contributed by atoms with Crippen LogP contribution in [0.3, 0.4) is 0 Å². The molecular formula is C27H33ClN2O3S. The molecule has 0 radical (unpaired) electrons. The Bertz CT molecular complexity index is 1100. The molecule has 0 aliphatic carbocycles. The molecule has 3 aromatic rings. The minimum Gasteiger partial charge on any atom is -0.497 e. The number of carboxylic acid groups (broad SMARTS) is 1. The van der Waals surface area contributed by atoms with Crippen LogP contribution in [0.2, 0.25) is 5.02 Å². The maximum absolute atomic E-state index is 11.6. The van der Waals surface area contributed by atoms with Crippen molar-refractivity contribution in [3.8, 4) is 5.75 Å². The lowest BCUT2D eigenvalue weighted by Crippen LogP contribution is -2.41. The van der Waals surface area contributed by atoms with Crippen molar-refractivity contribution in [2.24, 2.45) is 11.8 Å². The predicted molar refractivity (Wildman–Crippen MR) is 139 cm³/mol. The number of thiophene rings is 1. The normalized spacial score (nSPS) is 18.9. The molecule has 0 saturated carbocycles. The van der Waals surface area contributed by atoms with Crippen molar-refractivity contribution in [3.05, 3.63) is 57.4 Å². The average Bonchev–Trinajstić information content (AvgIpc) is 3.24. The third-order valence-corrected chi connectivity index (χ3v) is 8.49. The highest BCUT2D eigenvalue weighted by Gasteiger charge is 2.30. The fourth-order valence-electron chi connectivity index (χ4n) is 5.24. The topological polar surface area (TPSA) is 62.7 Å². The Morgan fingerprint density at radius 3 is 2.88 bits per heavy atom. The molecular weight excluding hydrogens is 468 g/mol. The second-order valence-electron chi connectivity index (χ2n) is 9.25. The maximum atomic E-state index is 11.6. The standard InChI is InChI=1S/C27H33ClN2O3S/c1-33-22-7-8-25-23(17-22)20(9-12-29-25)5-2-4-19-10-14-30(18-21(19)16-27(31)32)13-3-6-26-24(28)11-15-34-26/h7-9,11-12,15,17,19,21H,2-6,10,13-14,16,18H2,1H3,(H,31,32)/t19-,21+/m1/s1. The number of pyridine rings is 1. The van der Waals surface area contributed by atoms with Gasteiger partial charge in [-0.25, -0.2) is 0 Å². The highest BCUT2D eigenvalue weighted by atomic mass is 35.5. The number of fused-ring (bicyclic) bond motifs is 1. The number of halogens is 1. The molecule has 34 heavy (non-hydrogen) atoms. The van der Waals surface area contributed by atoms with Crippen molar-refractivity contribution >= 4 is 39.8 Å². The van der Waals surface area contributed by atoms with E-state index in [1.807, 2.05) is 29.8 Å². The minimum atomic E-state index is -0.686. The van der Waals surface area contributed by atoms with E-state index in [0.29, 0.717) is 5.92 Å². The fourth-order valence-corrected chi connectivity index (χ4v) is 6.42. The summed E-state index contributed by atoms with van der Waals surface area (Å²) in [5.74, 6) is 0.832. The number of aliphatic carboxylic acids is 1. The number of rotatable bonds is 11. The highest BCUT2D eigenvalue weighted by molar-refractivity contribution is 7.10. The number of methoxy groups -OCH3 is 1. The third-order valence-electron chi connectivity index (χ3n) is 7.04. The average molecular weight is 501 g/mol. The Labute approximate surface area is 210 Å². The van der Waals surface area contributed by atoms with Crippen LogP contribution >= 0.6 is 22.9 Å². The summed E-state index contributed by atoms with van der Waals surface area (Å²) in [5, 5.41) is 13.6. The van der Waals surface area contributed by atoms with Gasteiger partial charge in [-0.05, 0) is 105 Å². The number of ether oxygens (including phenoxy) is 1. The Kier molecular flexibility index (Phi) is 8.81. The molecule has 0 unspecified atom stereocenters. The molecule has 0 spiro atoms. The van der Waals surface area contributed by atoms with E-state index < -0.39 is 5.97 Å². The number of aryl methyl sites for hydroxylation is 2. The van der Waals surface area contributed by atoms with Crippen LogP contribution in [-0.4, -0.2) is 47.7 Å². The number of hydrogen-bond acceptors (Lipinski definition) is 5. The van der Waals surface area contributed by atoms with Gasteiger partial charge in [0.05, 0.1) is 17.6 Å². The van der Waals surface area contributed by atoms with Gasteiger partial charge in [0.2, 0.25) is 0 Å². The van der Waals surface area contributed by atoms with Crippen molar-refractivity contribution in [2.75, 3.05) is 26.7 Å². The fraction of sp³-hybridized carbons (Fsp3) is 0.481. The zero-order valence-electron chi connectivity index (χ0n) is 19.7. The zero-order valence-corrected chi connectivity index (χ0v) is 21.3. The van der Waals surface area contributed by atoms with Gasteiger partial charge in [0.25, 0.3) is 0 Å². The Morgan fingerprint density at radius 1 is 1.24 bits per heavy atom. The molecule has 2 atom stereocenters. The molecule has 0 amide bonds. The summed E-state index contributed by atoms with van der Waals surface area (Å²) in [4.78, 5) is 19.8. The van der Waals surface area contributed by atoms with Crippen LogP contribution in [0.15, 0.2) is 41.9 Å². The van der Waals surface area contributed by atoms with Gasteiger partial charge in [-0.15, -0.1) is 11.3 Å². The van der Waals surface area contributed by atoms with Crippen LogP contribution in [0.4, 0.5) is 0 Å². The molecule has 1 fully saturated rings. The summed E-state index contributed by atoms with van der Waals surface area (Å²) in [7, 11) is 1.68. The second-order valence-corrected chi connectivity index (χ2v) is 10.7. The van der Waals surface area contributed by atoms with Gasteiger partial charge in [0, 0.05) is 29.4 Å². The predicted octanol–water partition coefficient (Wildman–Crippen LogP) is 6.33. The van der Waals surface area contributed by atoms with Gasteiger partial charge >= 0.3 is 5.97 Å². The summed E-state index contributed by atoms with van der Waals surface area (Å²) in [6.45, 7) is 2.93. The van der Waals surface area contributed by atoms with Gasteiger partial charge in [0.1, 0.15) is 5.75 Å². The molecule has 2 aromatic heterocycles. The molecule has 1 aromatic carbocycles. The molecule has 5 nitrogen and oxygen atoms in total. The first-order chi connectivity index (χ1) is 16.5. The number of carboxylic acids is 1. The Morgan fingerprint density at radius 2 is 2.12 bits per heavy atom. The number of benzene rings is 1. The molecule has 4 rings (SSSR count). The Hall–Kier alpha value is -2.15. The maximum Gasteiger partial charge on any atom is 0.303 e. The summed E-state index contributed by atoms with van der Waals surface area (Å²) in [6.07, 6.45) is 8.33. The van der Waals surface area contributed by atoms with Crippen LogP contribution < -0.4 is 4.74 Å². The van der Waals surface area contributed by atoms with Crippen LogP contribution in [0.5, 0.6) is 5.75 Å². The van der Waals surface area contributed by atoms with Crippen molar-refractivity contribution < 1.29 is 14.6 Å². The van der Waals surface area contributed by atoms with Gasteiger partial charge < -0.3 is 14.7 Å². The molecule has 7 heteroatoms. The van der Waals surface area contributed by atoms with E-state index in [1.165, 1.54) is 10.4 Å². The lowest BCUT2D eigenvalue weighted by atomic mass is 9.79.